The van der Waals surface area contributed by atoms with Crippen LogP contribution in [-0.4, -0.2) is 36.6 Å². The first-order valence-corrected chi connectivity index (χ1v) is 13.5. The fraction of sp³-hybridized carbons (Fsp3) is 0.290. The van der Waals surface area contributed by atoms with Crippen molar-refractivity contribution in [3.63, 3.8) is 0 Å². The number of benzene rings is 3. The molecule has 0 unspecified atom stereocenters. The third-order valence-corrected chi connectivity index (χ3v) is 7.23. The van der Waals surface area contributed by atoms with Gasteiger partial charge in [-0.15, -0.1) is 5.10 Å². The summed E-state index contributed by atoms with van der Waals surface area (Å²) in [5.41, 5.74) is 4.24. The first-order chi connectivity index (χ1) is 18.7. The number of rotatable bonds is 8. The molecule has 7 nitrogen and oxygen atoms in total. The van der Waals surface area contributed by atoms with Crippen LogP contribution in [0.25, 0.3) is 10.9 Å². The van der Waals surface area contributed by atoms with Crippen molar-refractivity contribution >= 4 is 22.5 Å². The summed E-state index contributed by atoms with van der Waals surface area (Å²) in [4.78, 5) is 19.2. The zero-order valence-corrected chi connectivity index (χ0v) is 23.5. The maximum Gasteiger partial charge on any atom is 0.253 e. The third-order valence-electron chi connectivity index (χ3n) is 6.98. The molecule has 5 aromatic rings. The number of hydrogen-bond acceptors (Lipinski definition) is 5. The average Bonchev–Trinajstić information content (AvgIpc) is 3.40. The molecule has 0 amide bonds. The van der Waals surface area contributed by atoms with Crippen molar-refractivity contribution < 1.29 is 0 Å². The molecule has 0 aliphatic rings. The number of pyridine rings is 1. The predicted octanol–water partition coefficient (Wildman–Crippen LogP) is 6.07. The van der Waals surface area contributed by atoms with E-state index in [4.69, 9.17) is 11.6 Å². The van der Waals surface area contributed by atoms with Gasteiger partial charge in [0.1, 0.15) is 6.04 Å². The standard InChI is InChI=1S/C31H33ClN6O/c1-21-9-8-12-24-19-26(30(39)33-27(21)24)28(29-34-35-36-38(29)31(2,3)4)37(18-17-22-10-6-5-7-11-22)20-23-13-15-25(32)16-14-23/h5-16,19,28H,17-18,20H2,1-4H3,(H,33,39)/t28-/m1/s1. The predicted molar refractivity (Wildman–Crippen MR) is 156 cm³/mol. The summed E-state index contributed by atoms with van der Waals surface area (Å²) in [6.07, 6.45) is 0.798. The summed E-state index contributed by atoms with van der Waals surface area (Å²) in [6, 6.07) is 25.7. The fourth-order valence-corrected chi connectivity index (χ4v) is 5.11. The Balaban J connectivity index is 1.68. The van der Waals surface area contributed by atoms with Crippen molar-refractivity contribution in [1.29, 1.82) is 0 Å². The van der Waals surface area contributed by atoms with Gasteiger partial charge in [0.15, 0.2) is 5.82 Å². The number of fused-ring (bicyclic) bond motifs is 1. The molecule has 2 aromatic heterocycles. The molecule has 0 radical (unpaired) electrons. The lowest BCUT2D eigenvalue weighted by Crippen LogP contribution is -2.38. The highest BCUT2D eigenvalue weighted by Gasteiger charge is 2.33. The number of aromatic nitrogens is 5. The van der Waals surface area contributed by atoms with E-state index in [0.29, 0.717) is 29.5 Å². The maximum atomic E-state index is 13.8. The number of hydrogen-bond donors (Lipinski definition) is 1. The number of H-pyrrole nitrogens is 1. The molecule has 0 saturated carbocycles. The third kappa shape index (κ3) is 5.95. The van der Waals surface area contributed by atoms with Gasteiger partial charge in [-0.3, -0.25) is 9.69 Å². The minimum Gasteiger partial charge on any atom is -0.321 e. The second-order valence-electron chi connectivity index (χ2n) is 10.9. The summed E-state index contributed by atoms with van der Waals surface area (Å²) in [6.45, 7) is 9.45. The van der Waals surface area contributed by atoms with Crippen molar-refractivity contribution in [2.24, 2.45) is 0 Å². The number of aromatic amines is 1. The number of para-hydroxylation sites is 1. The average molecular weight is 541 g/mol. The summed E-state index contributed by atoms with van der Waals surface area (Å²) in [5, 5.41) is 14.6. The summed E-state index contributed by atoms with van der Waals surface area (Å²) in [7, 11) is 0. The lowest BCUT2D eigenvalue weighted by molar-refractivity contribution is 0.195. The van der Waals surface area contributed by atoms with Crippen LogP contribution in [0.3, 0.4) is 0 Å². The van der Waals surface area contributed by atoms with Crippen LogP contribution in [0.1, 0.15) is 54.9 Å². The van der Waals surface area contributed by atoms with E-state index in [1.54, 1.807) is 0 Å². The normalized spacial score (nSPS) is 12.8. The van der Waals surface area contributed by atoms with Crippen LogP contribution < -0.4 is 5.56 Å². The topological polar surface area (TPSA) is 79.7 Å². The van der Waals surface area contributed by atoms with Crippen molar-refractivity contribution in [3.05, 3.63) is 122 Å². The zero-order chi connectivity index (χ0) is 27.6. The number of tetrazole rings is 1. The highest BCUT2D eigenvalue weighted by molar-refractivity contribution is 6.30. The van der Waals surface area contributed by atoms with Crippen molar-refractivity contribution in [2.45, 2.75) is 52.2 Å². The maximum absolute atomic E-state index is 13.8. The van der Waals surface area contributed by atoms with E-state index >= 15 is 0 Å². The van der Waals surface area contributed by atoms with Crippen molar-refractivity contribution in [1.82, 2.24) is 30.1 Å². The zero-order valence-electron chi connectivity index (χ0n) is 22.7. The Bertz CT molecular complexity index is 1620. The summed E-state index contributed by atoms with van der Waals surface area (Å²) < 4.78 is 1.83. The number of aryl methyl sites for hydroxylation is 1. The Hall–Kier alpha value is -3.81. The Morgan fingerprint density at radius 2 is 1.72 bits per heavy atom. The molecular formula is C31H33ClN6O. The van der Waals surface area contributed by atoms with E-state index in [1.807, 2.05) is 78.3 Å². The van der Waals surface area contributed by atoms with E-state index in [9.17, 15) is 4.79 Å². The smallest absolute Gasteiger partial charge is 0.253 e. The van der Waals surface area contributed by atoms with E-state index in [0.717, 1.165) is 28.5 Å². The van der Waals surface area contributed by atoms with E-state index in [-0.39, 0.29) is 11.1 Å². The van der Waals surface area contributed by atoms with Gasteiger partial charge in [-0.25, -0.2) is 4.68 Å². The van der Waals surface area contributed by atoms with Gasteiger partial charge in [-0.2, -0.15) is 0 Å². The van der Waals surface area contributed by atoms with Gasteiger partial charge in [-0.05, 0) is 84.8 Å². The monoisotopic (exact) mass is 540 g/mol. The van der Waals surface area contributed by atoms with Crippen molar-refractivity contribution in [2.75, 3.05) is 6.54 Å². The lowest BCUT2D eigenvalue weighted by atomic mass is 9.99. The molecule has 2 heterocycles. The van der Waals surface area contributed by atoms with E-state index in [1.165, 1.54) is 5.56 Å². The summed E-state index contributed by atoms with van der Waals surface area (Å²) >= 11 is 6.20. The van der Waals surface area contributed by atoms with Gasteiger partial charge in [0.05, 0.1) is 11.1 Å². The van der Waals surface area contributed by atoms with Crippen LogP contribution in [0.2, 0.25) is 5.02 Å². The van der Waals surface area contributed by atoms with Gasteiger partial charge in [0, 0.05) is 23.7 Å². The Morgan fingerprint density at radius 1 is 0.974 bits per heavy atom. The molecule has 5 rings (SSSR count). The molecule has 0 aliphatic carbocycles. The minimum atomic E-state index is -0.493. The van der Waals surface area contributed by atoms with Gasteiger partial charge in [-0.1, -0.05) is 72.3 Å². The molecule has 0 saturated heterocycles. The van der Waals surface area contributed by atoms with E-state index < -0.39 is 6.04 Å². The molecule has 0 aliphatic heterocycles. The van der Waals surface area contributed by atoms with Crippen LogP contribution in [0, 0.1) is 6.92 Å². The minimum absolute atomic E-state index is 0.147. The quantitative estimate of drug-likeness (QED) is 0.258. The second kappa shape index (κ2) is 11.1. The molecule has 3 aromatic carbocycles. The molecule has 1 N–H and O–H groups in total. The van der Waals surface area contributed by atoms with Crippen molar-refractivity contribution in [3.8, 4) is 0 Å². The highest BCUT2D eigenvalue weighted by atomic mass is 35.5. The molecule has 0 fully saturated rings. The van der Waals surface area contributed by atoms with E-state index in [2.05, 4.69) is 58.3 Å². The van der Waals surface area contributed by atoms with Crippen LogP contribution in [-0.2, 0) is 18.5 Å². The first kappa shape index (κ1) is 26.8. The molecule has 39 heavy (non-hydrogen) atoms. The Labute approximate surface area is 233 Å². The fourth-order valence-electron chi connectivity index (χ4n) is 4.99. The lowest BCUT2D eigenvalue weighted by Gasteiger charge is -2.33. The highest BCUT2D eigenvalue weighted by Crippen LogP contribution is 2.31. The van der Waals surface area contributed by atoms with Crippen LogP contribution >= 0.6 is 11.6 Å². The molecule has 0 bridgehead atoms. The molecule has 1 atom stereocenters. The molecule has 200 valence electrons. The van der Waals surface area contributed by atoms with Gasteiger partial charge in [0.2, 0.25) is 0 Å². The SMILES string of the molecule is Cc1cccc2cc([C@H](c3nnnn3C(C)(C)C)N(CCc3ccccc3)Cc3ccc(Cl)cc3)c(=O)[nH]c12. The van der Waals surface area contributed by atoms with Crippen LogP contribution in [0.15, 0.2) is 83.7 Å². The van der Waals surface area contributed by atoms with Gasteiger partial charge >= 0.3 is 0 Å². The number of nitrogens with zero attached hydrogens (tertiary/aromatic N) is 5. The van der Waals surface area contributed by atoms with Gasteiger partial charge < -0.3 is 4.98 Å². The number of halogens is 1. The number of nitrogens with one attached hydrogen (secondary N) is 1. The molecule has 8 heteroatoms. The van der Waals surface area contributed by atoms with Crippen LogP contribution in [0.5, 0.6) is 0 Å². The largest absolute Gasteiger partial charge is 0.321 e. The Kier molecular flexibility index (Phi) is 7.64. The van der Waals surface area contributed by atoms with Crippen LogP contribution in [0.4, 0.5) is 0 Å². The molecule has 0 spiro atoms. The Morgan fingerprint density at radius 3 is 2.44 bits per heavy atom. The first-order valence-electron chi connectivity index (χ1n) is 13.1. The summed E-state index contributed by atoms with van der Waals surface area (Å²) in [5.74, 6) is 0.627. The molecular weight excluding hydrogens is 508 g/mol. The van der Waals surface area contributed by atoms with Gasteiger partial charge in [0.25, 0.3) is 5.56 Å². The second-order valence-corrected chi connectivity index (χ2v) is 11.4.